The third-order valence-corrected chi connectivity index (χ3v) is 20.9. The smallest absolute Gasteiger partial charge is 0.336 e. The molecule has 0 spiro atoms. The third kappa shape index (κ3) is 56.9. The Hall–Kier alpha value is -15.0. The van der Waals surface area contributed by atoms with E-state index < -0.39 is 64.5 Å². The minimum Gasteiger partial charge on any atom is -0.465 e. The monoisotopic (exact) mass is 1920 g/mol. The van der Waals surface area contributed by atoms with Gasteiger partial charge < -0.3 is 43.8 Å². The second-order valence-corrected chi connectivity index (χ2v) is 31.1. The summed E-state index contributed by atoms with van der Waals surface area (Å²) in [5.74, 6) is -2.31. The first-order valence-corrected chi connectivity index (χ1v) is 45.7. The van der Waals surface area contributed by atoms with Crippen molar-refractivity contribution in [1.82, 2.24) is 29.2 Å². The number of nitrogens with one attached hydrogen (secondary N) is 2. The molecular formula is C95H124N18O25. The van der Waals surface area contributed by atoms with Crippen LogP contribution in [0.2, 0.25) is 0 Å². The molecule has 4 rings (SSSR count). The lowest BCUT2D eigenvalue weighted by atomic mass is 9.83. The van der Waals surface area contributed by atoms with Crippen LogP contribution in [0.1, 0.15) is 227 Å². The molecule has 0 saturated heterocycles. The molecule has 0 radical (unpaired) electrons. The van der Waals surface area contributed by atoms with Gasteiger partial charge in [-0.1, -0.05) is 108 Å². The van der Waals surface area contributed by atoms with Gasteiger partial charge in [0.1, 0.15) is 39.6 Å². The number of hydrogen-bond donors (Lipinski definition) is 2. The highest BCUT2D eigenvalue weighted by Crippen LogP contribution is 2.30. The molecule has 0 aliphatic carbocycles. The molecule has 0 aliphatic rings. The fourth-order valence-corrected chi connectivity index (χ4v) is 13.0. The summed E-state index contributed by atoms with van der Waals surface area (Å²) in [4.78, 5) is 240. The average molecular weight is 1920 g/mol. The summed E-state index contributed by atoms with van der Waals surface area (Å²) < 4.78 is 38.8. The van der Waals surface area contributed by atoms with Gasteiger partial charge in [0.15, 0.2) is 6.04 Å². The summed E-state index contributed by atoms with van der Waals surface area (Å²) in [6.45, 7) is 11.4. The lowest BCUT2D eigenvalue weighted by Gasteiger charge is -2.31. The largest absolute Gasteiger partial charge is 0.465 e. The van der Waals surface area contributed by atoms with Crippen LogP contribution < -0.4 is 27.7 Å². The number of aromatic nitrogens is 3. The highest BCUT2D eigenvalue weighted by Gasteiger charge is 2.33. The van der Waals surface area contributed by atoms with E-state index in [2.05, 4.69) is 69.8 Å². The molecule has 0 saturated carbocycles. The standard InChI is InChI=1S/C37H37N3O9.C24H36N6O6.C23H38N6O5.C11H13N3O5/c1-5-37(20-48-35(45)18-29-10-7-26(3)32(15-29)39-23-42,21-49-36(46)19-30-11-8-27(4)33(16-30)40-24-43)12-13-47-34(44)17-28-9-6-25(2)31(14-28)38-22-41;25-19-36-18-12-6-5-11-17-30-23(34)28(15-9-3-1-7-13-26-20-31)22(33)29(24(30)35)16-10-4-2-8-14-27-21-32;24-19-34-18-12-6-5-11-17-29(22(32)27-15-9-3-1-7-13-25-20-30)23(33)28-16-10-4-2-8-14-26-21-31;12-7-18-5-2-1-3-10(14-9-16)11(17)19-6-4-13-8-15/h6-11,14-16H,5,12-13,17-21H2,1-4H3;1-18H2;1-18H2,(H,27,32)(H,28,33);10H,1-6H2. The highest BCUT2D eigenvalue weighted by molar-refractivity contribution is 5.93. The first-order valence-electron chi connectivity index (χ1n) is 45.7. The molecule has 4 amide bonds. The average Bonchev–Trinajstić information content (AvgIpc) is 0.783. The van der Waals surface area contributed by atoms with Gasteiger partial charge in [-0.2, -0.15) is 35.8 Å². The fraction of sp³-hybridized carbons (Fsp3) is 0.589. The summed E-state index contributed by atoms with van der Waals surface area (Å²) in [5, 5.41) is 30.5. The first kappa shape index (κ1) is 121. The maximum Gasteiger partial charge on any atom is 0.336 e. The molecule has 43 nitrogen and oxygen atoms in total. The Morgan fingerprint density at radius 1 is 0.384 bits per heavy atom. The summed E-state index contributed by atoms with van der Waals surface area (Å²) in [6.07, 6.45) is 38.1. The number of hydrogen-bond acceptors (Lipinski definition) is 37. The quantitative estimate of drug-likeness (QED) is 0.0103. The normalized spacial score (nSPS) is 10.6. The maximum atomic E-state index is 13.0. The number of ether oxygens (including phenoxy) is 7. The van der Waals surface area contributed by atoms with Crippen LogP contribution >= 0.6 is 0 Å². The lowest BCUT2D eigenvalue weighted by molar-refractivity contribution is -0.157. The van der Waals surface area contributed by atoms with E-state index in [1.165, 1.54) is 65.9 Å². The number of carbonyl (C=O) groups is 6. The number of aryl methyl sites for hydroxylation is 3. The van der Waals surface area contributed by atoms with Crippen molar-refractivity contribution in [2.45, 2.75) is 259 Å². The van der Waals surface area contributed by atoms with Crippen molar-refractivity contribution in [3.63, 3.8) is 0 Å². The van der Waals surface area contributed by atoms with Crippen LogP contribution in [-0.2, 0) is 134 Å². The Kier molecular flexibility index (Phi) is 70.5. The molecule has 0 fully saturated rings. The van der Waals surface area contributed by atoms with Gasteiger partial charge in [0.05, 0.1) is 75.7 Å². The second-order valence-electron chi connectivity index (χ2n) is 31.1. The molecule has 138 heavy (non-hydrogen) atoms. The van der Waals surface area contributed by atoms with E-state index in [0.717, 1.165) is 152 Å². The van der Waals surface area contributed by atoms with Crippen molar-refractivity contribution in [3.05, 3.63) is 119 Å². The molecule has 4 aromatic rings. The van der Waals surface area contributed by atoms with Crippen molar-refractivity contribution in [3.8, 4) is 18.8 Å². The van der Waals surface area contributed by atoms with Crippen molar-refractivity contribution in [1.29, 1.82) is 15.8 Å². The number of imide groups is 1. The summed E-state index contributed by atoms with van der Waals surface area (Å²) in [5.41, 5.74) is 2.55. The predicted molar refractivity (Wildman–Crippen MR) is 498 cm³/mol. The van der Waals surface area contributed by atoms with Crippen molar-refractivity contribution >= 4 is 108 Å². The molecule has 1 atom stereocenters. The molecule has 1 heterocycles. The molecule has 2 N–H and O–H groups in total. The Morgan fingerprint density at radius 2 is 0.717 bits per heavy atom. The van der Waals surface area contributed by atoms with Gasteiger partial charge in [-0.15, -0.1) is 0 Å². The Morgan fingerprint density at radius 3 is 1.07 bits per heavy atom. The van der Waals surface area contributed by atoms with Crippen molar-refractivity contribution < 1.29 is 105 Å². The third-order valence-electron chi connectivity index (χ3n) is 20.9. The van der Waals surface area contributed by atoms with Crippen LogP contribution in [-0.4, -0.2) is 214 Å². The summed E-state index contributed by atoms with van der Waals surface area (Å²) in [6, 6.07) is 13.5. The highest BCUT2D eigenvalue weighted by atomic mass is 16.6. The van der Waals surface area contributed by atoms with Gasteiger partial charge in [0.2, 0.25) is 54.7 Å². The molecule has 1 aromatic heterocycles. The van der Waals surface area contributed by atoms with Crippen LogP contribution in [0.5, 0.6) is 0 Å². The molecule has 0 bridgehead atoms. The van der Waals surface area contributed by atoms with Gasteiger partial charge in [-0.05, 0) is 194 Å². The van der Waals surface area contributed by atoms with Gasteiger partial charge in [0.25, 0.3) is 18.8 Å². The second kappa shape index (κ2) is 80.4. The van der Waals surface area contributed by atoms with Crippen molar-refractivity contribution in [2.24, 2.45) is 50.3 Å². The molecular weight excluding hydrogens is 1790 g/mol. The maximum absolute atomic E-state index is 13.0. The Bertz CT molecular complexity index is 4990. The summed E-state index contributed by atoms with van der Waals surface area (Å²) in [7, 11) is 0. The van der Waals surface area contributed by atoms with Gasteiger partial charge in [0, 0.05) is 44.7 Å². The van der Waals surface area contributed by atoms with E-state index in [9.17, 15) is 86.3 Å². The SMILES string of the molecule is CCC(CCOC(=O)Cc1ccc(C)c(N=C=O)c1)(COC(=O)Cc1ccc(C)c(N=C=O)c1)COC(=O)Cc1ccc(C)c(N=C=O)c1.N#COCCCCC(N=C=O)C(=O)OCCN=C=O.N#COCCCCCCN(C(=O)NCCCCCCN=C=O)C(=O)NCCCCCCN=C=O.N#COCCCCCCn1c(=O)n(CCCCCCN=C=O)c(=O)n(CCCCCCN=C=O)c1=O. The van der Waals surface area contributed by atoms with Crippen LogP contribution in [0.25, 0.3) is 0 Å². The number of benzene rings is 3. The van der Waals surface area contributed by atoms with E-state index in [1.54, 1.807) is 87.9 Å². The number of aliphatic imine (C=N–C) groups is 9. The number of isocyanates is 9. The van der Waals surface area contributed by atoms with Crippen LogP contribution in [0.15, 0.2) is 114 Å². The minimum absolute atomic E-state index is 0.0166. The molecule has 744 valence electrons. The zero-order chi connectivity index (χ0) is 102. The van der Waals surface area contributed by atoms with Gasteiger partial charge in [-0.3, -0.25) is 14.4 Å². The van der Waals surface area contributed by atoms with Gasteiger partial charge >= 0.3 is 53.0 Å². The number of nitriles is 3. The molecule has 1 unspecified atom stereocenters. The van der Waals surface area contributed by atoms with E-state index in [0.29, 0.717) is 151 Å². The Labute approximate surface area is 800 Å². The van der Waals surface area contributed by atoms with E-state index >= 15 is 0 Å². The van der Waals surface area contributed by atoms with Gasteiger partial charge in [-0.25, -0.2) is 115 Å². The Balaban J connectivity index is 0.000000962. The van der Waals surface area contributed by atoms with Crippen molar-refractivity contribution in [2.75, 3.05) is 98.6 Å². The van der Waals surface area contributed by atoms with E-state index in [4.69, 9.17) is 34.7 Å². The number of amides is 4. The number of esters is 4. The summed E-state index contributed by atoms with van der Waals surface area (Å²) >= 11 is 0. The molecule has 0 aliphatic heterocycles. The number of carbonyl (C=O) groups excluding carboxylic acids is 15. The zero-order valence-corrected chi connectivity index (χ0v) is 79.0. The van der Waals surface area contributed by atoms with E-state index in [1.807, 2.05) is 6.92 Å². The van der Waals surface area contributed by atoms with Crippen LogP contribution in [0.3, 0.4) is 0 Å². The number of rotatable bonds is 69. The predicted octanol–water partition coefficient (Wildman–Crippen LogP) is 11.8. The lowest BCUT2D eigenvalue weighted by Crippen LogP contribution is -2.54. The fourth-order valence-electron chi connectivity index (χ4n) is 13.0. The van der Waals surface area contributed by atoms with Crippen LogP contribution in [0.4, 0.5) is 26.7 Å². The zero-order valence-electron chi connectivity index (χ0n) is 79.0. The number of unbranched alkanes of at least 4 members (excludes halogenated alkanes) is 19. The number of nitrogens with zero attached hydrogens (tertiary/aromatic N) is 16. The topological polar surface area (TPSA) is 597 Å². The number of urea groups is 2. The minimum atomic E-state index is -0.931. The first-order chi connectivity index (χ1) is 67.0. The molecule has 3 aromatic carbocycles. The molecule has 43 heteroatoms. The van der Waals surface area contributed by atoms with E-state index in [-0.39, 0.29) is 84.9 Å². The van der Waals surface area contributed by atoms with Crippen LogP contribution in [0, 0.1) is 60.7 Å².